The number of rotatable bonds is 74. The third kappa shape index (κ3) is 72.8. The van der Waals surface area contributed by atoms with E-state index in [9.17, 15) is 19.8 Å². The number of hydrogen-bond acceptors (Lipinski definition) is 5. The van der Waals surface area contributed by atoms with Gasteiger partial charge in [-0.1, -0.05) is 377 Å². The molecule has 0 aliphatic heterocycles. The van der Waals surface area contributed by atoms with Crippen molar-refractivity contribution in [3.63, 3.8) is 0 Å². The average molecular weight is 1220 g/mol. The summed E-state index contributed by atoms with van der Waals surface area (Å²) in [6.45, 7) is 4.92. The Hall–Kier alpha value is -2.18. The summed E-state index contributed by atoms with van der Waals surface area (Å²) in [5.41, 5.74) is 0. The molecule has 0 bridgehead atoms. The molecule has 0 spiro atoms. The lowest BCUT2D eigenvalue weighted by Gasteiger charge is -2.20. The number of ether oxygens (including phenoxy) is 1. The zero-order chi connectivity index (χ0) is 62.8. The van der Waals surface area contributed by atoms with Crippen LogP contribution in [0.4, 0.5) is 0 Å². The normalized spacial score (nSPS) is 12.7. The van der Waals surface area contributed by atoms with Crippen molar-refractivity contribution in [3.05, 3.63) is 48.6 Å². The Bertz CT molecular complexity index is 1450. The van der Waals surface area contributed by atoms with E-state index in [-0.39, 0.29) is 18.5 Å². The number of esters is 1. The van der Waals surface area contributed by atoms with Crippen molar-refractivity contribution in [2.45, 2.75) is 443 Å². The second-order valence-corrected chi connectivity index (χ2v) is 27.0. The first-order chi connectivity index (χ1) is 43.0. The van der Waals surface area contributed by atoms with Crippen LogP contribution >= 0.6 is 0 Å². The summed E-state index contributed by atoms with van der Waals surface area (Å²) in [5.74, 6) is -0.0595. The van der Waals surface area contributed by atoms with Gasteiger partial charge in [-0.05, 0) is 89.9 Å². The van der Waals surface area contributed by atoms with Gasteiger partial charge in [-0.25, -0.2) is 0 Å². The van der Waals surface area contributed by atoms with Crippen LogP contribution in [0.15, 0.2) is 48.6 Å². The number of carbonyl (C=O) groups is 2. The Morgan fingerprint density at radius 1 is 0.322 bits per heavy atom. The van der Waals surface area contributed by atoms with Crippen molar-refractivity contribution >= 4 is 11.9 Å². The predicted molar refractivity (Wildman–Crippen MR) is 384 cm³/mol. The highest BCUT2D eigenvalue weighted by Crippen LogP contribution is 2.19. The summed E-state index contributed by atoms with van der Waals surface area (Å²) in [6, 6.07) is -0.630. The average Bonchev–Trinajstić information content (AvgIpc) is 3.52. The second kappa shape index (κ2) is 76.3. The van der Waals surface area contributed by atoms with E-state index in [1.54, 1.807) is 6.08 Å². The first kappa shape index (κ1) is 84.8. The van der Waals surface area contributed by atoms with Crippen LogP contribution in [-0.2, 0) is 14.3 Å². The molecule has 512 valence electrons. The largest absolute Gasteiger partial charge is 0.466 e. The van der Waals surface area contributed by atoms with E-state index < -0.39 is 12.1 Å². The number of unbranched alkanes of at least 4 members (excludes halogenated alkanes) is 57. The molecule has 0 aliphatic rings. The molecule has 0 saturated carbocycles. The van der Waals surface area contributed by atoms with Crippen molar-refractivity contribution < 1.29 is 24.5 Å². The van der Waals surface area contributed by atoms with Gasteiger partial charge in [-0.15, -0.1) is 0 Å². The van der Waals surface area contributed by atoms with Crippen molar-refractivity contribution in [2.75, 3.05) is 13.2 Å². The maximum Gasteiger partial charge on any atom is 0.305 e. The molecule has 87 heavy (non-hydrogen) atoms. The SMILES string of the molecule is CCCCCC/C=C\C/C=C\CCCCCCCC(=O)OCCCCCCCCCCCCCC/C=C\CCCCCCCCCCCCCCCC(=O)NC(CO)C(O)/C=C/CCCCCCCCCCCCCCCCCCCCCCCCC. The van der Waals surface area contributed by atoms with Gasteiger partial charge in [-0.2, -0.15) is 0 Å². The first-order valence-corrected chi connectivity index (χ1v) is 39.4. The number of allylic oxidation sites excluding steroid dienone is 7. The molecule has 1 amide bonds. The molecule has 0 aliphatic carbocycles. The molecule has 0 fully saturated rings. The van der Waals surface area contributed by atoms with Gasteiger partial charge in [0.2, 0.25) is 5.91 Å². The monoisotopic (exact) mass is 1220 g/mol. The molecule has 6 nitrogen and oxygen atoms in total. The molecule has 0 heterocycles. The van der Waals surface area contributed by atoms with Crippen LogP contribution < -0.4 is 5.32 Å². The van der Waals surface area contributed by atoms with Crippen LogP contribution in [0.1, 0.15) is 431 Å². The number of amides is 1. The highest BCUT2D eigenvalue weighted by Gasteiger charge is 2.18. The van der Waals surface area contributed by atoms with Gasteiger partial charge >= 0.3 is 5.97 Å². The lowest BCUT2D eigenvalue weighted by Crippen LogP contribution is -2.45. The number of hydrogen-bond donors (Lipinski definition) is 3. The quantitative estimate of drug-likeness (QED) is 0.0320. The maximum atomic E-state index is 12.6. The third-order valence-corrected chi connectivity index (χ3v) is 18.3. The van der Waals surface area contributed by atoms with Crippen molar-refractivity contribution in [2.24, 2.45) is 0 Å². The van der Waals surface area contributed by atoms with E-state index in [0.29, 0.717) is 19.4 Å². The molecule has 0 aromatic rings. The summed E-state index contributed by atoms with van der Waals surface area (Å²) >= 11 is 0. The van der Waals surface area contributed by atoms with E-state index in [0.717, 1.165) is 51.4 Å². The fourth-order valence-electron chi connectivity index (χ4n) is 12.3. The maximum absolute atomic E-state index is 12.6. The Morgan fingerprint density at radius 2 is 0.575 bits per heavy atom. The molecular formula is C81H153NO5. The highest BCUT2D eigenvalue weighted by atomic mass is 16.5. The van der Waals surface area contributed by atoms with Crippen LogP contribution in [0, 0.1) is 0 Å². The van der Waals surface area contributed by atoms with Crippen LogP contribution in [0.25, 0.3) is 0 Å². The zero-order valence-corrected chi connectivity index (χ0v) is 58.8. The lowest BCUT2D eigenvalue weighted by atomic mass is 10.0. The fraction of sp³-hybridized carbons (Fsp3) is 0.877. The van der Waals surface area contributed by atoms with Gasteiger partial charge in [0.1, 0.15) is 0 Å². The molecular weight excluding hydrogens is 1070 g/mol. The van der Waals surface area contributed by atoms with Crippen molar-refractivity contribution in [3.8, 4) is 0 Å². The van der Waals surface area contributed by atoms with Crippen molar-refractivity contribution in [1.82, 2.24) is 5.32 Å². The van der Waals surface area contributed by atoms with Gasteiger partial charge in [0.25, 0.3) is 0 Å². The van der Waals surface area contributed by atoms with Gasteiger partial charge in [0.05, 0.1) is 25.4 Å². The number of aliphatic hydroxyl groups is 2. The van der Waals surface area contributed by atoms with E-state index in [2.05, 4.69) is 55.6 Å². The minimum absolute atomic E-state index is 0.00318. The summed E-state index contributed by atoms with van der Waals surface area (Å²) in [5, 5.41) is 23.3. The van der Waals surface area contributed by atoms with E-state index in [1.807, 2.05) is 6.08 Å². The second-order valence-electron chi connectivity index (χ2n) is 27.0. The summed E-state index contributed by atoms with van der Waals surface area (Å²) in [7, 11) is 0. The Balaban J connectivity index is 3.40. The van der Waals surface area contributed by atoms with Crippen LogP contribution in [0.5, 0.6) is 0 Å². The topological polar surface area (TPSA) is 95.9 Å². The van der Waals surface area contributed by atoms with Gasteiger partial charge in [0.15, 0.2) is 0 Å². The molecule has 3 N–H and O–H groups in total. The molecule has 2 atom stereocenters. The molecule has 6 heteroatoms. The first-order valence-electron chi connectivity index (χ1n) is 39.4. The Labute approximate surface area is 544 Å². The van der Waals surface area contributed by atoms with Gasteiger partial charge in [0, 0.05) is 12.8 Å². The van der Waals surface area contributed by atoms with Gasteiger partial charge < -0.3 is 20.3 Å². The Morgan fingerprint density at radius 3 is 0.897 bits per heavy atom. The van der Waals surface area contributed by atoms with Crippen LogP contribution in [0.3, 0.4) is 0 Å². The van der Waals surface area contributed by atoms with E-state index in [4.69, 9.17) is 4.74 Å². The minimum Gasteiger partial charge on any atom is -0.466 e. The molecule has 0 radical (unpaired) electrons. The number of nitrogens with one attached hydrogen (secondary N) is 1. The fourth-order valence-corrected chi connectivity index (χ4v) is 12.3. The smallest absolute Gasteiger partial charge is 0.305 e. The number of carbonyl (C=O) groups excluding carboxylic acids is 2. The minimum atomic E-state index is -0.846. The highest BCUT2D eigenvalue weighted by molar-refractivity contribution is 5.76. The molecule has 0 rings (SSSR count). The van der Waals surface area contributed by atoms with E-state index in [1.165, 1.54) is 353 Å². The van der Waals surface area contributed by atoms with Crippen molar-refractivity contribution in [1.29, 1.82) is 0 Å². The lowest BCUT2D eigenvalue weighted by molar-refractivity contribution is -0.143. The summed E-state index contributed by atoms with van der Waals surface area (Å²) in [6.07, 6.45) is 101. The standard InChI is InChI=1S/C81H153NO5/c1-3-5-7-9-11-13-15-17-19-21-22-23-24-30-33-36-39-42-45-49-53-57-61-65-69-73-79(84)78(77-83)82-80(85)74-70-66-62-58-54-50-46-43-40-37-34-31-28-26-25-27-29-32-35-38-41-44-48-52-56-60-64-68-72-76-87-81(86)75-71-67-63-59-55-51-47-20-18-16-14-12-10-8-6-4-2/h14,16,20,25,27,47,69,73,78-79,83-84H,3-13,15,17-19,21-24,26,28-46,48-68,70-72,74-77H2,1-2H3,(H,82,85)/b16-14-,27-25-,47-20-,73-69+. The predicted octanol–water partition coefficient (Wildman–Crippen LogP) is 26.0. The van der Waals surface area contributed by atoms with Crippen LogP contribution in [0.2, 0.25) is 0 Å². The summed E-state index contributed by atoms with van der Waals surface area (Å²) in [4.78, 5) is 24.6. The van der Waals surface area contributed by atoms with Crippen LogP contribution in [-0.4, -0.2) is 47.4 Å². The zero-order valence-electron chi connectivity index (χ0n) is 58.8. The summed E-state index contributed by atoms with van der Waals surface area (Å²) < 4.78 is 5.49. The number of aliphatic hydroxyl groups excluding tert-OH is 2. The third-order valence-electron chi connectivity index (χ3n) is 18.3. The molecule has 0 saturated heterocycles. The molecule has 2 unspecified atom stereocenters. The molecule has 0 aromatic carbocycles. The van der Waals surface area contributed by atoms with E-state index >= 15 is 0 Å². The molecule has 0 aromatic heterocycles. The van der Waals surface area contributed by atoms with Gasteiger partial charge in [-0.3, -0.25) is 9.59 Å². The Kier molecular flexibility index (Phi) is 74.4.